The van der Waals surface area contributed by atoms with E-state index >= 15 is 0 Å². The molecule has 4 rings (SSSR count). The number of nitrogens with zero attached hydrogens (tertiary/aromatic N) is 2. The van der Waals surface area contributed by atoms with E-state index in [1.165, 1.54) is 0 Å². The molecule has 1 aliphatic heterocycles. The van der Waals surface area contributed by atoms with Crippen molar-refractivity contribution in [2.75, 3.05) is 18.6 Å². The monoisotopic (exact) mass is 412 g/mol. The van der Waals surface area contributed by atoms with E-state index < -0.39 is 11.9 Å². The smallest absolute Gasteiger partial charge is 0.316 e. The minimum absolute atomic E-state index is 0.108. The Morgan fingerprint density at radius 1 is 0.935 bits per heavy atom. The molecule has 0 spiro atoms. The SMILES string of the molecule is COc1ccc(N2CC(C(=O)Oc3ccc(-c4ccc(C#N)cc4)cc3)CC2=O)cc1. The van der Waals surface area contributed by atoms with Gasteiger partial charge in [-0.15, -0.1) is 0 Å². The predicted octanol–water partition coefficient (Wildman–Crippen LogP) is 4.19. The quantitative estimate of drug-likeness (QED) is 0.464. The Kier molecular flexibility index (Phi) is 5.67. The number of nitriles is 1. The number of amides is 1. The first kappa shape index (κ1) is 20.2. The van der Waals surface area contributed by atoms with Gasteiger partial charge in [-0.25, -0.2) is 0 Å². The Morgan fingerprint density at radius 2 is 1.52 bits per heavy atom. The summed E-state index contributed by atoms with van der Waals surface area (Å²) in [4.78, 5) is 26.6. The maximum Gasteiger partial charge on any atom is 0.316 e. The molecule has 1 aliphatic rings. The number of rotatable bonds is 5. The second kappa shape index (κ2) is 8.72. The summed E-state index contributed by atoms with van der Waals surface area (Å²) in [5.41, 5.74) is 3.25. The Bertz CT molecular complexity index is 1130. The van der Waals surface area contributed by atoms with Crippen LogP contribution in [0.3, 0.4) is 0 Å². The van der Waals surface area contributed by atoms with Crippen molar-refractivity contribution in [3.63, 3.8) is 0 Å². The van der Waals surface area contributed by atoms with E-state index in [2.05, 4.69) is 6.07 Å². The molecule has 0 aliphatic carbocycles. The van der Waals surface area contributed by atoms with Crippen LogP contribution in [0, 0.1) is 17.2 Å². The zero-order chi connectivity index (χ0) is 21.8. The van der Waals surface area contributed by atoms with Crippen LogP contribution in [0.5, 0.6) is 11.5 Å². The Labute approximate surface area is 180 Å². The molecule has 0 bridgehead atoms. The van der Waals surface area contributed by atoms with E-state index in [1.807, 2.05) is 24.3 Å². The summed E-state index contributed by atoms with van der Waals surface area (Å²) in [5.74, 6) is 0.0834. The molecule has 1 saturated heterocycles. The number of anilines is 1. The zero-order valence-corrected chi connectivity index (χ0v) is 16.9. The number of esters is 1. The highest BCUT2D eigenvalue weighted by Crippen LogP contribution is 2.28. The van der Waals surface area contributed by atoms with Gasteiger partial charge in [-0.2, -0.15) is 5.26 Å². The molecule has 1 fully saturated rings. The van der Waals surface area contributed by atoms with Gasteiger partial charge in [-0.05, 0) is 59.7 Å². The van der Waals surface area contributed by atoms with Crippen LogP contribution < -0.4 is 14.4 Å². The molecule has 0 N–H and O–H groups in total. The lowest BCUT2D eigenvalue weighted by molar-refractivity contribution is -0.139. The molecule has 3 aromatic rings. The summed E-state index contributed by atoms with van der Waals surface area (Å²) in [6.45, 7) is 0.285. The molecule has 3 aromatic carbocycles. The third-order valence-corrected chi connectivity index (χ3v) is 5.26. The van der Waals surface area contributed by atoms with Gasteiger partial charge in [0, 0.05) is 18.7 Å². The molecule has 1 amide bonds. The molecule has 6 nitrogen and oxygen atoms in total. The average Bonchev–Trinajstić information content (AvgIpc) is 3.21. The topological polar surface area (TPSA) is 79.6 Å². The highest BCUT2D eigenvalue weighted by Gasteiger charge is 2.36. The van der Waals surface area contributed by atoms with Crippen molar-refractivity contribution in [2.24, 2.45) is 5.92 Å². The maximum absolute atomic E-state index is 12.6. The van der Waals surface area contributed by atoms with E-state index in [-0.39, 0.29) is 18.9 Å². The van der Waals surface area contributed by atoms with Gasteiger partial charge in [0.15, 0.2) is 0 Å². The number of hydrogen-bond acceptors (Lipinski definition) is 5. The van der Waals surface area contributed by atoms with Crippen LogP contribution >= 0.6 is 0 Å². The predicted molar refractivity (Wildman–Crippen MR) is 116 cm³/mol. The summed E-state index contributed by atoms with van der Waals surface area (Å²) >= 11 is 0. The summed E-state index contributed by atoms with van der Waals surface area (Å²) in [6, 6.07) is 23.7. The first-order chi connectivity index (χ1) is 15.1. The van der Waals surface area contributed by atoms with E-state index in [1.54, 1.807) is 60.5 Å². The number of carbonyl (C=O) groups excluding carboxylic acids is 2. The molecule has 1 unspecified atom stereocenters. The number of hydrogen-bond donors (Lipinski definition) is 0. The molecule has 0 aromatic heterocycles. The Hall–Kier alpha value is -4.11. The molecular weight excluding hydrogens is 392 g/mol. The number of carbonyl (C=O) groups is 2. The lowest BCUT2D eigenvalue weighted by Crippen LogP contribution is -2.27. The fourth-order valence-electron chi connectivity index (χ4n) is 3.53. The van der Waals surface area contributed by atoms with E-state index in [9.17, 15) is 9.59 Å². The fourth-order valence-corrected chi connectivity index (χ4v) is 3.53. The van der Waals surface area contributed by atoms with Crippen LogP contribution in [0.1, 0.15) is 12.0 Å². The van der Waals surface area contributed by atoms with Crippen LogP contribution in [0.4, 0.5) is 5.69 Å². The molecule has 6 heteroatoms. The van der Waals surface area contributed by atoms with Crippen LogP contribution in [-0.4, -0.2) is 25.5 Å². The Morgan fingerprint density at radius 3 is 2.10 bits per heavy atom. The Balaban J connectivity index is 1.39. The molecule has 1 heterocycles. The molecule has 0 saturated carbocycles. The highest BCUT2D eigenvalue weighted by atomic mass is 16.5. The van der Waals surface area contributed by atoms with Gasteiger partial charge in [0.05, 0.1) is 24.7 Å². The van der Waals surface area contributed by atoms with E-state index in [4.69, 9.17) is 14.7 Å². The number of ether oxygens (including phenoxy) is 2. The standard InChI is InChI=1S/C25H20N2O4/c1-30-22-12-8-21(9-13-22)27-16-20(14-24(27)28)25(29)31-23-10-6-19(7-11-23)18-4-2-17(15-26)3-5-18/h2-13,20H,14,16H2,1H3. The molecular formula is C25H20N2O4. The van der Waals surface area contributed by atoms with Gasteiger partial charge in [0.1, 0.15) is 11.5 Å². The van der Waals surface area contributed by atoms with Crippen LogP contribution in [0.15, 0.2) is 72.8 Å². The largest absolute Gasteiger partial charge is 0.497 e. The molecule has 154 valence electrons. The third-order valence-electron chi connectivity index (χ3n) is 5.26. The van der Waals surface area contributed by atoms with Gasteiger partial charge in [-0.1, -0.05) is 24.3 Å². The van der Waals surface area contributed by atoms with Gasteiger partial charge >= 0.3 is 5.97 Å². The average molecular weight is 412 g/mol. The van der Waals surface area contributed by atoms with Crippen molar-refractivity contribution in [1.82, 2.24) is 0 Å². The van der Waals surface area contributed by atoms with Crippen molar-refractivity contribution in [3.8, 4) is 28.7 Å². The minimum Gasteiger partial charge on any atom is -0.497 e. The van der Waals surface area contributed by atoms with Gasteiger partial charge in [0.2, 0.25) is 5.91 Å². The minimum atomic E-state index is -0.521. The van der Waals surface area contributed by atoms with Gasteiger partial charge in [-0.3, -0.25) is 9.59 Å². The summed E-state index contributed by atoms with van der Waals surface area (Å²) in [7, 11) is 1.58. The van der Waals surface area contributed by atoms with Crippen LogP contribution in [-0.2, 0) is 9.59 Å². The zero-order valence-electron chi connectivity index (χ0n) is 16.9. The molecule has 31 heavy (non-hydrogen) atoms. The fraction of sp³-hybridized carbons (Fsp3) is 0.160. The number of benzene rings is 3. The van der Waals surface area contributed by atoms with Gasteiger partial charge < -0.3 is 14.4 Å². The molecule has 1 atom stereocenters. The summed E-state index contributed by atoms with van der Waals surface area (Å²) < 4.78 is 10.7. The maximum atomic E-state index is 12.6. The van der Waals surface area contributed by atoms with Crippen molar-refractivity contribution >= 4 is 17.6 Å². The summed E-state index contributed by atoms with van der Waals surface area (Å²) in [6.07, 6.45) is 0.119. The normalized spacial score (nSPS) is 15.4. The van der Waals surface area contributed by atoms with E-state index in [0.29, 0.717) is 17.1 Å². The first-order valence-corrected chi connectivity index (χ1v) is 9.84. The lowest BCUT2D eigenvalue weighted by atomic mass is 10.0. The first-order valence-electron chi connectivity index (χ1n) is 9.84. The third kappa shape index (κ3) is 4.41. The lowest BCUT2D eigenvalue weighted by Gasteiger charge is -2.17. The second-order valence-corrected chi connectivity index (χ2v) is 7.24. The number of methoxy groups -OCH3 is 1. The molecule has 0 radical (unpaired) electrons. The van der Waals surface area contributed by atoms with Gasteiger partial charge in [0.25, 0.3) is 0 Å². The van der Waals surface area contributed by atoms with Crippen molar-refractivity contribution < 1.29 is 19.1 Å². The van der Waals surface area contributed by atoms with Crippen molar-refractivity contribution in [3.05, 3.63) is 78.4 Å². The van der Waals surface area contributed by atoms with Crippen LogP contribution in [0.25, 0.3) is 11.1 Å². The van der Waals surface area contributed by atoms with Crippen LogP contribution in [0.2, 0.25) is 0 Å². The second-order valence-electron chi connectivity index (χ2n) is 7.24. The van der Waals surface area contributed by atoms with E-state index in [0.717, 1.165) is 16.8 Å². The summed E-state index contributed by atoms with van der Waals surface area (Å²) in [5, 5.41) is 8.90. The highest BCUT2D eigenvalue weighted by molar-refractivity contribution is 5.99. The van der Waals surface area contributed by atoms with Crippen molar-refractivity contribution in [2.45, 2.75) is 6.42 Å². The van der Waals surface area contributed by atoms with Crippen molar-refractivity contribution in [1.29, 1.82) is 5.26 Å².